The van der Waals surface area contributed by atoms with Gasteiger partial charge in [0, 0.05) is 10.2 Å². The van der Waals surface area contributed by atoms with Crippen LogP contribution in [0.15, 0.2) is 46.9 Å². The Bertz CT molecular complexity index is 781. The molecule has 2 rings (SSSR count). The number of carbonyl (C=O) groups excluding carboxylic acids is 1. The van der Waals surface area contributed by atoms with Crippen molar-refractivity contribution in [2.45, 2.75) is 26.7 Å². The van der Waals surface area contributed by atoms with Crippen molar-refractivity contribution in [3.05, 3.63) is 52.5 Å². The average molecular weight is 451 g/mol. The summed E-state index contributed by atoms with van der Waals surface area (Å²) >= 11 is 8.64. The molecule has 5 nitrogen and oxygen atoms in total. The van der Waals surface area contributed by atoms with E-state index >= 15 is 0 Å². The van der Waals surface area contributed by atoms with E-state index in [9.17, 15) is 4.79 Å². The third kappa shape index (κ3) is 6.84. The van der Waals surface area contributed by atoms with E-state index in [2.05, 4.69) is 33.5 Å². The molecule has 0 spiro atoms. The van der Waals surface area contributed by atoms with Gasteiger partial charge < -0.3 is 14.8 Å². The first-order valence-corrected chi connectivity index (χ1v) is 10.0. The Morgan fingerprint density at radius 1 is 1.11 bits per heavy atom. The zero-order valence-electron chi connectivity index (χ0n) is 15.4. The first kappa shape index (κ1) is 21.2. The van der Waals surface area contributed by atoms with E-state index in [0.717, 1.165) is 28.8 Å². The number of carbonyl (C=O) groups is 1. The van der Waals surface area contributed by atoms with Gasteiger partial charge in [-0.15, -0.1) is 0 Å². The lowest BCUT2D eigenvalue weighted by atomic mass is 10.2. The topological polar surface area (TPSA) is 59.6 Å². The fourth-order valence-electron chi connectivity index (χ4n) is 2.27. The molecule has 0 fully saturated rings. The molecule has 0 atom stereocenters. The first-order chi connectivity index (χ1) is 13.0. The highest BCUT2D eigenvalue weighted by molar-refractivity contribution is 9.10. The van der Waals surface area contributed by atoms with Gasteiger partial charge in [0.05, 0.1) is 18.8 Å². The van der Waals surface area contributed by atoms with Crippen LogP contribution in [-0.4, -0.2) is 24.2 Å². The highest BCUT2D eigenvalue weighted by Gasteiger charge is 2.15. The van der Waals surface area contributed by atoms with Gasteiger partial charge in [-0.25, -0.2) is 0 Å². The summed E-state index contributed by atoms with van der Waals surface area (Å²) in [6.07, 6.45) is 1.95. The molecule has 27 heavy (non-hydrogen) atoms. The van der Waals surface area contributed by atoms with E-state index in [1.54, 1.807) is 12.1 Å². The molecule has 2 aromatic carbocycles. The van der Waals surface area contributed by atoms with Crippen molar-refractivity contribution >= 4 is 44.9 Å². The molecule has 0 saturated carbocycles. The molecule has 0 aliphatic rings. The molecule has 0 aliphatic carbocycles. The van der Waals surface area contributed by atoms with Gasteiger partial charge in [-0.3, -0.25) is 10.1 Å². The number of halogens is 1. The van der Waals surface area contributed by atoms with Gasteiger partial charge in [-0.1, -0.05) is 29.3 Å². The Balaban J connectivity index is 2.01. The van der Waals surface area contributed by atoms with Crippen molar-refractivity contribution in [3.8, 4) is 11.5 Å². The molecule has 0 aromatic heterocycles. The van der Waals surface area contributed by atoms with Gasteiger partial charge >= 0.3 is 0 Å². The Hall–Kier alpha value is -2.12. The Kier molecular flexibility index (Phi) is 8.54. The molecule has 2 aromatic rings. The van der Waals surface area contributed by atoms with Crippen LogP contribution in [0.3, 0.4) is 0 Å². The number of ether oxygens (including phenoxy) is 2. The number of benzene rings is 2. The number of hydrogen-bond donors (Lipinski definition) is 2. The van der Waals surface area contributed by atoms with E-state index in [1.165, 1.54) is 0 Å². The highest BCUT2D eigenvalue weighted by atomic mass is 79.9. The molecule has 0 aliphatic heterocycles. The molecule has 0 saturated heterocycles. The molecule has 0 radical (unpaired) electrons. The summed E-state index contributed by atoms with van der Waals surface area (Å²) in [7, 11) is 0. The summed E-state index contributed by atoms with van der Waals surface area (Å²) in [6, 6.07) is 12.7. The molecule has 1 amide bonds. The van der Waals surface area contributed by atoms with Gasteiger partial charge in [-0.2, -0.15) is 0 Å². The summed E-state index contributed by atoms with van der Waals surface area (Å²) < 4.78 is 11.9. The SMILES string of the molecule is CCCCOc1ccc(Br)cc1C(=O)NC(=S)Nc1ccc(OCC)cc1. The van der Waals surface area contributed by atoms with Crippen LogP contribution >= 0.6 is 28.1 Å². The van der Waals surface area contributed by atoms with Gasteiger partial charge in [0.15, 0.2) is 5.11 Å². The minimum Gasteiger partial charge on any atom is -0.494 e. The number of unbranched alkanes of at least 4 members (excludes halogenated alkanes) is 1. The van der Waals surface area contributed by atoms with Crippen molar-refractivity contribution in [1.29, 1.82) is 0 Å². The van der Waals surface area contributed by atoms with Gasteiger partial charge in [0.2, 0.25) is 0 Å². The summed E-state index contributed by atoms with van der Waals surface area (Å²) in [5.74, 6) is 0.986. The van der Waals surface area contributed by atoms with Crippen molar-refractivity contribution in [2.75, 3.05) is 18.5 Å². The van der Waals surface area contributed by atoms with E-state index in [4.69, 9.17) is 21.7 Å². The minimum atomic E-state index is -0.328. The summed E-state index contributed by atoms with van der Waals surface area (Å²) in [5, 5.41) is 5.89. The fourth-order valence-corrected chi connectivity index (χ4v) is 2.84. The normalized spacial score (nSPS) is 10.2. The average Bonchev–Trinajstić information content (AvgIpc) is 2.64. The molecule has 2 N–H and O–H groups in total. The van der Waals surface area contributed by atoms with Gasteiger partial charge in [-0.05, 0) is 68.0 Å². The number of rotatable bonds is 8. The van der Waals surface area contributed by atoms with Crippen LogP contribution < -0.4 is 20.1 Å². The van der Waals surface area contributed by atoms with Crippen molar-refractivity contribution < 1.29 is 14.3 Å². The van der Waals surface area contributed by atoms with E-state index < -0.39 is 0 Å². The second kappa shape index (κ2) is 10.9. The van der Waals surface area contributed by atoms with Gasteiger partial charge in [0.25, 0.3) is 5.91 Å². The van der Waals surface area contributed by atoms with Crippen molar-refractivity contribution in [1.82, 2.24) is 5.32 Å². The Morgan fingerprint density at radius 2 is 1.85 bits per heavy atom. The number of nitrogens with one attached hydrogen (secondary N) is 2. The maximum absolute atomic E-state index is 12.6. The van der Waals surface area contributed by atoms with Crippen LogP contribution in [0.2, 0.25) is 0 Å². The quantitative estimate of drug-likeness (QED) is 0.429. The standard InChI is InChI=1S/C20H23BrN2O3S/c1-3-5-12-26-18-11-6-14(21)13-17(18)19(24)23-20(27)22-15-7-9-16(10-8-15)25-4-2/h6-11,13H,3-5,12H2,1-2H3,(H2,22,23,24,27). The number of anilines is 1. The lowest BCUT2D eigenvalue weighted by Gasteiger charge is -2.13. The maximum Gasteiger partial charge on any atom is 0.261 e. The van der Waals surface area contributed by atoms with Crippen LogP contribution in [0.4, 0.5) is 5.69 Å². The van der Waals surface area contributed by atoms with Crippen LogP contribution in [0.5, 0.6) is 11.5 Å². The van der Waals surface area contributed by atoms with Crippen molar-refractivity contribution in [2.24, 2.45) is 0 Å². The fraction of sp³-hybridized carbons (Fsp3) is 0.300. The van der Waals surface area contributed by atoms with Crippen LogP contribution in [0.25, 0.3) is 0 Å². The monoisotopic (exact) mass is 450 g/mol. The maximum atomic E-state index is 12.6. The molecular formula is C20H23BrN2O3S. The molecular weight excluding hydrogens is 428 g/mol. The van der Waals surface area contributed by atoms with Gasteiger partial charge in [0.1, 0.15) is 11.5 Å². The largest absolute Gasteiger partial charge is 0.494 e. The van der Waals surface area contributed by atoms with E-state index in [1.807, 2.05) is 37.3 Å². The predicted octanol–water partition coefficient (Wildman–Crippen LogP) is 5.15. The lowest BCUT2D eigenvalue weighted by molar-refractivity contribution is 0.0973. The first-order valence-electron chi connectivity index (χ1n) is 8.81. The zero-order chi connectivity index (χ0) is 19.6. The van der Waals surface area contributed by atoms with E-state index in [0.29, 0.717) is 24.5 Å². The number of amides is 1. The smallest absolute Gasteiger partial charge is 0.261 e. The second-order valence-electron chi connectivity index (χ2n) is 5.71. The molecule has 7 heteroatoms. The predicted molar refractivity (Wildman–Crippen MR) is 116 cm³/mol. The van der Waals surface area contributed by atoms with Crippen molar-refractivity contribution in [3.63, 3.8) is 0 Å². The molecule has 0 heterocycles. The lowest BCUT2D eigenvalue weighted by Crippen LogP contribution is -2.34. The Labute approximate surface area is 173 Å². The Morgan fingerprint density at radius 3 is 2.52 bits per heavy atom. The van der Waals surface area contributed by atoms with Crippen LogP contribution in [0.1, 0.15) is 37.0 Å². The summed E-state index contributed by atoms with van der Waals surface area (Å²) in [4.78, 5) is 12.6. The summed E-state index contributed by atoms with van der Waals surface area (Å²) in [6.45, 7) is 5.19. The highest BCUT2D eigenvalue weighted by Crippen LogP contribution is 2.24. The molecule has 0 unspecified atom stereocenters. The zero-order valence-corrected chi connectivity index (χ0v) is 17.8. The number of thiocarbonyl (C=S) groups is 1. The van der Waals surface area contributed by atoms with Crippen LogP contribution in [0, 0.1) is 0 Å². The molecule has 0 bridgehead atoms. The summed E-state index contributed by atoms with van der Waals surface area (Å²) in [5.41, 5.74) is 1.19. The third-order valence-corrected chi connectivity index (χ3v) is 4.29. The second-order valence-corrected chi connectivity index (χ2v) is 7.03. The van der Waals surface area contributed by atoms with E-state index in [-0.39, 0.29) is 11.0 Å². The molecule has 144 valence electrons. The number of hydrogen-bond acceptors (Lipinski definition) is 4. The minimum absolute atomic E-state index is 0.212. The van der Waals surface area contributed by atoms with Crippen LogP contribution in [-0.2, 0) is 0 Å². The third-order valence-electron chi connectivity index (χ3n) is 3.59.